The van der Waals surface area contributed by atoms with Crippen molar-refractivity contribution in [1.29, 1.82) is 0 Å². The van der Waals surface area contributed by atoms with Gasteiger partial charge in [0, 0.05) is 37.1 Å². The molecule has 0 aliphatic carbocycles. The maximum Gasteiger partial charge on any atom is 0.350 e. The highest BCUT2D eigenvalue weighted by atomic mass is 32.1. The topological polar surface area (TPSA) is 81.6 Å². The zero-order valence-corrected chi connectivity index (χ0v) is 19.9. The summed E-state index contributed by atoms with van der Waals surface area (Å²) in [6.45, 7) is 5.71. The lowest BCUT2D eigenvalue weighted by Crippen LogP contribution is -2.32. The molecule has 2 amide bonds. The minimum atomic E-state index is -0.991. The number of nitrogens with zero attached hydrogens (tertiary/aromatic N) is 4. The summed E-state index contributed by atoms with van der Waals surface area (Å²) in [5, 5.41) is 14.0. The van der Waals surface area contributed by atoms with Crippen molar-refractivity contribution in [3.05, 3.63) is 78.6 Å². The fourth-order valence-electron chi connectivity index (χ4n) is 3.49. The Bertz CT molecular complexity index is 1330. The molecule has 4 aromatic rings. The lowest BCUT2D eigenvalue weighted by Gasteiger charge is -2.17. The third-order valence-corrected chi connectivity index (χ3v) is 6.49. The van der Waals surface area contributed by atoms with Crippen molar-refractivity contribution in [3.63, 3.8) is 0 Å². The van der Waals surface area contributed by atoms with Crippen LogP contribution in [0.15, 0.2) is 67.0 Å². The lowest BCUT2D eigenvalue weighted by atomic mass is 10.1. The van der Waals surface area contributed by atoms with Gasteiger partial charge in [-0.05, 0) is 55.8 Å². The zero-order valence-electron chi connectivity index (χ0n) is 19.1. The Morgan fingerprint density at radius 1 is 1.03 bits per heavy atom. The molecule has 0 atom stereocenters. The van der Waals surface area contributed by atoms with E-state index in [1.54, 1.807) is 30.6 Å². The minimum absolute atomic E-state index is 0.168. The molecule has 7 nitrogen and oxygen atoms in total. The van der Waals surface area contributed by atoms with Gasteiger partial charge in [0.15, 0.2) is 5.13 Å². The van der Waals surface area contributed by atoms with E-state index in [0.29, 0.717) is 11.1 Å². The van der Waals surface area contributed by atoms with Gasteiger partial charge in [0.25, 0.3) is 0 Å². The van der Waals surface area contributed by atoms with Crippen LogP contribution in [0.3, 0.4) is 0 Å². The van der Waals surface area contributed by atoms with E-state index in [1.807, 2.05) is 18.2 Å². The largest absolute Gasteiger partial charge is 0.350 e. The summed E-state index contributed by atoms with van der Waals surface area (Å²) in [4.78, 5) is 24.5. The summed E-state index contributed by atoms with van der Waals surface area (Å²) in [6.07, 6.45) is 3.39. The van der Waals surface area contributed by atoms with Crippen molar-refractivity contribution in [2.24, 2.45) is 0 Å². The molecule has 2 aromatic heterocycles. The molecule has 180 valence electrons. The van der Waals surface area contributed by atoms with Crippen molar-refractivity contribution in [2.45, 2.75) is 13.8 Å². The molecule has 4 rings (SSSR count). The number of hydrogen-bond acceptors (Lipinski definition) is 6. The summed E-state index contributed by atoms with van der Waals surface area (Å²) in [7, 11) is 0. The van der Waals surface area contributed by atoms with Gasteiger partial charge >= 0.3 is 6.03 Å². The summed E-state index contributed by atoms with van der Waals surface area (Å²) in [5.41, 5.74) is 2.31. The number of pyridine rings is 1. The second-order valence-electron chi connectivity index (χ2n) is 7.50. The predicted octanol–water partition coefficient (Wildman–Crippen LogP) is 6.42. The molecule has 2 heterocycles. The van der Waals surface area contributed by atoms with Crippen molar-refractivity contribution >= 4 is 33.9 Å². The number of benzene rings is 2. The minimum Gasteiger partial charge on any atom is -0.349 e. The molecule has 2 N–H and O–H groups in total. The van der Waals surface area contributed by atoms with E-state index in [0.717, 1.165) is 52.1 Å². The third-order valence-electron chi connectivity index (χ3n) is 5.32. The zero-order chi connectivity index (χ0) is 24.9. The first-order chi connectivity index (χ1) is 16.9. The molecule has 0 unspecified atom stereocenters. The van der Waals surface area contributed by atoms with E-state index < -0.39 is 17.7 Å². The molecule has 0 bridgehead atoms. The van der Waals surface area contributed by atoms with Crippen LogP contribution in [0.1, 0.15) is 13.8 Å². The van der Waals surface area contributed by atoms with Gasteiger partial charge in [0.2, 0.25) is 0 Å². The van der Waals surface area contributed by atoms with Crippen molar-refractivity contribution in [3.8, 4) is 21.7 Å². The molecule has 35 heavy (non-hydrogen) atoms. The number of amides is 2. The highest BCUT2D eigenvalue weighted by molar-refractivity contribution is 7.19. The molecule has 0 saturated carbocycles. The maximum absolute atomic E-state index is 13.9. The van der Waals surface area contributed by atoms with E-state index in [9.17, 15) is 18.8 Å². The third kappa shape index (κ3) is 5.28. The second kappa shape index (κ2) is 10.6. The average molecular weight is 496 g/mol. The standard InChI is InChI=1S/C25H23F2N5O2S/c1-3-31(4-2)25-30-22(16-10-12-28-13-11-16)23(35-25)17-6-5-7-19(14-17)32(34)24(33)29-21-9-8-18(26)15-20(21)27/h5-15,34H,3-4H2,1-2H3,(H,29,33). The van der Waals surface area contributed by atoms with E-state index >= 15 is 0 Å². The molecule has 0 spiro atoms. The van der Waals surface area contributed by atoms with Gasteiger partial charge in [-0.15, -0.1) is 0 Å². The number of carbonyl (C=O) groups is 1. The Morgan fingerprint density at radius 3 is 2.46 bits per heavy atom. The normalized spacial score (nSPS) is 10.8. The molecule has 0 aliphatic rings. The Kier molecular flexibility index (Phi) is 7.33. The van der Waals surface area contributed by atoms with Crippen molar-refractivity contribution in [1.82, 2.24) is 9.97 Å². The van der Waals surface area contributed by atoms with Crippen LogP contribution >= 0.6 is 11.3 Å². The van der Waals surface area contributed by atoms with E-state index in [1.165, 1.54) is 11.3 Å². The predicted molar refractivity (Wildman–Crippen MR) is 134 cm³/mol. The molecule has 0 saturated heterocycles. The molecule has 2 aromatic carbocycles. The van der Waals surface area contributed by atoms with Crippen LogP contribution in [0.4, 0.5) is 30.1 Å². The van der Waals surface area contributed by atoms with E-state index in [2.05, 4.69) is 29.0 Å². The molecule has 0 fully saturated rings. The van der Waals surface area contributed by atoms with Crippen LogP contribution < -0.4 is 15.3 Å². The first kappa shape index (κ1) is 24.2. The number of aromatic nitrogens is 2. The number of thiazole rings is 1. The molecular weight excluding hydrogens is 472 g/mol. The number of urea groups is 1. The summed E-state index contributed by atoms with van der Waals surface area (Å²) in [6, 6.07) is 12.2. The number of hydroxylamine groups is 1. The van der Waals surface area contributed by atoms with E-state index in [-0.39, 0.29) is 11.4 Å². The van der Waals surface area contributed by atoms with Gasteiger partial charge < -0.3 is 10.2 Å². The van der Waals surface area contributed by atoms with Gasteiger partial charge in [-0.2, -0.15) is 5.06 Å². The molecular formula is C25H23F2N5O2S. The lowest BCUT2D eigenvalue weighted by molar-refractivity contribution is 0.216. The SMILES string of the molecule is CCN(CC)c1nc(-c2ccncc2)c(-c2cccc(N(O)C(=O)Nc3ccc(F)cc3F)c2)s1. The maximum atomic E-state index is 13.9. The molecule has 0 aliphatic heterocycles. The van der Waals surface area contributed by atoms with Crippen LogP contribution in [0.25, 0.3) is 21.7 Å². The van der Waals surface area contributed by atoms with Crippen LogP contribution in [0.2, 0.25) is 0 Å². The number of carbonyl (C=O) groups excluding carboxylic acids is 1. The van der Waals surface area contributed by atoms with Crippen molar-refractivity contribution in [2.75, 3.05) is 28.4 Å². The second-order valence-corrected chi connectivity index (χ2v) is 8.48. The summed E-state index contributed by atoms with van der Waals surface area (Å²) in [5.74, 6) is -1.72. The first-order valence-corrected chi connectivity index (χ1v) is 11.7. The Morgan fingerprint density at radius 2 is 1.77 bits per heavy atom. The summed E-state index contributed by atoms with van der Waals surface area (Å²) >= 11 is 1.51. The van der Waals surface area contributed by atoms with Crippen LogP contribution in [-0.4, -0.2) is 34.3 Å². The first-order valence-electron chi connectivity index (χ1n) is 10.9. The number of hydrogen-bond donors (Lipinski definition) is 2. The number of halogens is 2. The summed E-state index contributed by atoms with van der Waals surface area (Å²) < 4.78 is 27.1. The number of rotatable bonds is 7. The highest BCUT2D eigenvalue weighted by Crippen LogP contribution is 2.41. The van der Waals surface area contributed by atoms with Gasteiger partial charge in [0.05, 0.1) is 21.9 Å². The fourth-order valence-corrected chi connectivity index (χ4v) is 4.71. The highest BCUT2D eigenvalue weighted by Gasteiger charge is 2.20. The number of anilines is 3. The van der Waals surface area contributed by atoms with Gasteiger partial charge in [-0.1, -0.05) is 23.5 Å². The Balaban J connectivity index is 1.68. The number of nitrogens with one attached hydrogen (secondary N) is 1. The smallest absolute Gasteiger partial charge is 0.349 e. The van der Waals surface area contributed by atoms with Gasteiger partial charge in [-0.3, -0.25) is 10.2 Å². The van der Waals surface area contributed by atoms with E-state index in [4.69, 9.17) is 4.98 Å². The molecule has 0 radical (unpaired) electrons. The van der Waals surface area contributed by atoms with Crippen LogP contribution in [-0.2, 0) is 0 Å². The monoisotopic (exact) mass is 495 g/mol. The van der Waals surface area contributed by atoms with Gasteiger partial charge in [-0.25, -0.2) is 18.6 Å². The Labute approximate surface area is 205 Å². The van der Waals surface area contributed by atoms with Crippen LogP contribution in [0, 0.1) is 11.6 Å². The van der Waals surface area contributed by atoms with Crippen LogP contribution in [0.5, 0.6) is 0 Å². The molecule has 10 heteroatoms. The fraction of sp³-hybridized carbons (Fsp3) is 0.160. The average Bonchev–Trinajstić information content (AvgIpc) is 3.32. The Hall–Kier alpha value is -3.89. The quantitative estimate of drug-likeness (QED) is 0.228. The van der Waals surface area contributed by atoms with Gasteiger partial charge in [0.1, 0.15) is 11.6 Å². The van der Waals surface area contributed by atoms with Crippen molar-refractivity contribution < 1.29 is 18.8 Å².